The van der Waals surface area contributed by atoms with Gasteiger partial charge in [0.1, 0.15) is 16.2 Å². The lowest BCUT2D eigenvalue weighted by molar-refractivity contribution is -0.125. The van der Waals surface area contributed by atoms with Crippen LogP contribution in [0.4, 0.5) is 0 Å². The molecule has 1 aromatic carbocycles. The molecule has 0 saturated carbocycles. The summed E-state index contributed by atoms with van der Waals surface area (Å²) in [6, 6.07) is 12.7. The summed E-state index contributed by atoms with van der Waals surface area (Å²) in [6.45, 7) is 3.41. The molecule has 6 heteroatoms. The number of benzene rings is 1. The molecule has 24 heavy (non-hydrogen) atoms. The van der Waals surface area contributed by atoms with E-state index in [2.05, 4.69) is 5.32 Å². The Morgan fingerprint density at radius 1 is 1.25 bits per heavy atom. The van der Waals surface area contributed by atoms with Crippen molar-refractivity contribution < 1.29 is 18.7 Å². The lowest BCUT2D eigenvalue weighted by atomic mass is 10.2. The minimum atomic E-state index is -0.486. The van der Waals surface area contributed by atoms with Crippen LogP contribution in [0.5, 0.6) is 0 Å². The van der Waals surface area contributed by atoms with Crippen molar-refractivity contribution in [3.8, 4) is 0 Å². The van der Waals surface area contributed by atoms with Crippen LogP contribution >= 0.6 is 11.3 Å². The van der Waals surface area contributed by atoms with Gasteiger partial charge in [0, 0.05) is 10.3 Å². The number of carbonyl (C=O) groups excluding carboxylic acids is 2. The number of furan rings is 1. The molecule has 1 N–H and O–H groups in total. The Morgan fingerprint density at radius 2 is 2.04 bits per heavy atom. The van der Waals surface area contributed by atoms with Gasteiger partial charge in [0.05, 0.1) is 6.04 Å². The van der Waals surface area contributed by atoms with E-state index in [-0.39, 0.29) is 18.6 Å². The molecule has 0 saturated heterocycles. The fraction of sp³-hybridized carbons (Fsp3) is 0.222. The molecule has 2 heterocycles. The molecule has 0 spiro atoms. The Labute approximate surface area is 143 Å². The van der Waals surface area contributed by atoms with Gasteiger partial charge < -0.3 is 14.5 Å². The summed E-state index contributed by atoms with van der Waals surface area (Å²) in [5.74, 6) is -0.200. The number of carbonyl (C=O) groups is 2. The minimum absolute atomic E-state index is 0.312. The van der Waals surface area contributed by atoms with Gasteiger partial charge in [-0.15, -0.1) is 11.3 Å². The Hall–Kier alpha value is -2.60. The number of amides is 1. The second-order valence-electron chi connectivity index (χ2n) is 5.46. The number of thiophene rings is 1. The van der Waals surface area contributed by atoms with Crippen LogP contribution in [0.15, 0.2) is 46.9 Å². The largest absolute Gasteiger partial charge is 0.459 e. The average Bonchev–Trinajstić information content (AvgIpc) is 3.18. The molecule has 124 valence electrons. The summed E-state index contributed by atoms with van der Waals surface area (Å²) in [5, 5.41) is 3.74. The normalized spacial score (nSPS) is 12.1. The molecule has 0 bridgehead atoms. The maximum atomic E-state index is 12.0. The molecule has 0 aliphatic rings. The Morgan fingerprint density at radius 3 is 2.75 bits per heavy atom. The molecular formula is C18H17NO4S. The Balaban J connectivity index is 1.55. The summed E-state index contributed by atoms with van der Waals surface area (Å²) in [6.07, 6.45) is 0. The van der Waals surface area contributed by atoms with Crippen LogP contribution in [0.3, 0.4) is 0 Å². The van der Waals surface area contributed by atoms with Gasteiger partial charge in [0.2, 0.25) is 0 Å². The van der Waals surface area contributed by atoms with Gasteiger partial charge in [-0.05, 0) is 38.1 Å². The van der Waals surface area contributed by atoms with E-state index in [1.165, 1.54) is 11.3 Å². The molecule has 3 rings (SSSR count). The van der Waals surface area contributed by atoms with Gasteiger partial charge in [0.15, 0.2) is 6.61 Å². The van der Waals surface area contributed by atoms with Crippen LogP contribution < -0.4 is 5.32 Å². The number of para-hydroxylation sites is 1. The molecule has 3 aromatic rings. The van der Waals surface area contributed by atoms with E-state index in [4.69, 9.17) is 9.15 Å². The van der Waals surface area contributed by atoms with Crippen LogP contribution in [0.1, 0.15) is 33.3 Å². The van der Waals surface area contributed by atoms with E-state index < -0.39 is 5.97 Å². The van der Waals surface area contributed by atoms with Gasteiger partial charge in [-0.25, -0.2) is 4.79 Å². The van der Waals surface area contributed by atoms with Crippen molar-refractivity contribution in [1.29, 1.82) is 0 Å². The second kappa shape index (κ2) is 6.88. The van der Waals surface area contributed by atoms with E-state index >= 15 is 0 Å². The van der Waals surface area contributed by atoms with Crippen molar-refractivity contribution in [1.82, 2.24) is 5.32 Å². The summed E-state index contributed by atoms with van der Waals surface area (Å²) < 4.78 is 10.7. The molecule has 0 fully saturated rings. The number of hydrogen-bond acceptors (Lipinski definition) is 5. The number of fused-ring (bicyclic) bond motifs is 1. The topological polar surface area (TPSA) is 68.5 Å². The molecular weight excluding hydrogens is 326 g/mol. The van der Waals surface area contributed by atoms with Crippen LogP contribution in [0.2, 0.25) is 0 Å². The third-order valence-corrected chi connectivity index (χ3v) is 4.51. The summed E-state index contributed by atoms with van der Waals surface area (Å²) in [7, 11) is 0. The standard InChI is InChI=1S/C18H17NO4S/c1-11-7-8-16(24-11)18(21)22-10-17(20)19-12(2)15-9-13-5-3-4-6-14(13)23-15/h3-9,12H,10H2,1-2H3,(H,19,20)/t12-/m0/s1. The first-order chi connectivity index (χ1) is 11.5. The third kappa shape index (κ3) is 3.65. The zero-order valence-electron chi connectivity index (χ0n) is 13.4. The molecule has 5 nitrogen and oxygen atoms in total. The zero-order chi connectivity index (χ0) is 17.1. The number of ether oxygens (including phenoxy) is 1. The predicted molar refractivity (Wildman–Crippen MR) is 92.1 cm³/mol. The number of nitrogens with one attached hydrogen (secondary N) is 1. The molecule has 1 amide bonds. The SMILES string of the molecule is Cc1ccc(C(=O)OCC(=O)N[C@@H](C)c2cc3ccccc3o2)s1. The Bertz CT molecular complexity index is 847. The smallest absolute Gasteiger partial charge is 0.348 e. The van der Waals surface area contributed by atoms with Gasteiger partial charge in [-0.2, -0.15) is 0 Å². The molecule has 0 unspecified atom stereocenters. The van der Waals surface area contributed by atoms with Crippen molar-refractivity contribution in [2.24, 2.45) is 0 Å². The van der Waals surface area contributed by atoms with E-state index in [0.29, 0.717) is 10.6 Å². The van der Waals surface area contributed by atoms with Crippen LogP contribution in [-0.2, 0) is 9.53 Å². The number of aryl methyl sites for hydroxylation is 1. The van der Waals surface area contributed by atoms with Gasteiger partial charge in [-0.3, -0.25) is 4.79 Å². The van der Waals surface area contributed by atoms with Crippen molar-refractivity contribution in [3.63, 3.8) is 0 Å². The average molecular weight is 343 g/mol. The predicted octanol–water partition coefficient (Wildman–Crippen LogP) is 3.84. The molecule has 0 radical (unpaired) electrons. The fourth-order valence-corrected chi connectivity index (χ4v) is 3.08. The van der Waals surface area contributed by atoms with Crippen molar-refractivity contribution >= 4 is 34.2 Å². The van der Waals surface area contributed by atoms with Gasteiger partial charge >= 0.3 is 5.97 Å². The fourth-order valence-electron chi connectivity index (χ4n) is 2.32. The summed E-state index contributed by atoms with van der Waals surface area (Å²) >= 11 is 1.34. The molecule has 1 atom stereocenters. The quantitative estimate of drug-likeness (QED) is 0.715. The van der Waals surface area contributed by atoms with Crippen LogP contribution in [0, 0.1) is 6.92 Å². The first-order valence-electron chi connectivity index (χ1n) is 7.54. The van der Waals surface area contributed by atoms with E-state index in [1.54, 1.807) is 6.07 Å². The Kier molecular flexibility index (Phi) is 4.66. The van der Waals surface area contributed by atoms with E-state index in [9.17, 15) is 9.59 Å². The molecule has 0 aliphatic carbocycles. The summed E-state index contributed by atoms with van der Waals surface area (Å²) in [4.78, 5) is 25.3. The highest BCUT2D eigenvalue weighted by Gasteiger charge is 2.16. The lowest BCUT2D eigenvalue weighted by Gasteiger charge is -2.11. The third-order valence-electron chi connectivity index (χ3n) is 3.52. The highest BCUT2D eigenvalue weighted by atomic mass is 32.1. The number of rotatable bonds is 5. The number of esters is 1. The van der Waals surface area contributed by atoms with E-state index in [0.717, 1.165) is 15.8 Å². The van der Waals surface area contributed by atoms with Crippen molar-refractivity contribution in [2.45, 2.75) is 19.9 Å². The minimum Gasteiger partial charge on any atom is -0.459 e. The highest BCUT2D eigenvalue weighted by Crippen LogP contribution is 2.23. The highest BCUT2D eigenvalue weighted by molar-refractivity contribution is 7.13. The van der Waals surface area contributed by atoms with Crippen molar-refractivity contribution in [2.75, 3.05) is 6.61 Å². The molecule has 2 aromatic heterocycles. The summed E-state index contributed by atoms with van der Waals surface area (Å²) in [5.41, 5.74) is 0.771. The van der Waals surface area contributed by atoms with Gasteiger partial charge in [0.25, 0.3) is 5.91 Å². The molecule has 0 aliphatic heterocycles. The lowest BCUT2D eigenvalue weighted by Crippen LogP contribution is -2.30. The maximum Gasteiger partial charge on any atom is 0.348 e. The second-order valence-corrected chi connectivity index (χ2v) is 6.75. The monoisotopic (exact) mass is 343 g/mol. The van der Waals surface area contributed by atoms with Crippen molar-refractivity contribution in [3.05, 3.63) is 58.0 Å². The first kappa shape index (κ1) is 16.3. The van der Waals surface area contributed by atoms with Crippen LogP contribution in [-0.4, -0.2) is 18.5 Å². The first-order valence-corrected chi connectivity index (χ1v) is 8.36. The van der Waals surface area contributed by atoms with Gasteiger partial charge in [-0.1, -0.05) is 18.2 Å². The maximum absolute atomic E-state index is 12.0. The van der Waals surface area contributed by atoms with Crippen LogP contribution in [0.25, 0.3) is 11.0 Å². The van der Waals surface area contributed by atoms with E-state index in [1.807, 2.05) is 50.2 Å². The zero-order valence-corrected chi connectivity index (χ0v) is 14.2. The number of hydrogen-bond donors (Lipinski definition) is 1.